The van der Waals surface area contributed by atoms with Crippen LogP contribution in [0.15, 0.2) is 24.3 Å². The van der Waals surface area contributed by atoms with Crippen LogP contribution in [0.4, 0.5) is 0 Å². The molecule has 1 atom stereocenters. The number of nitrogens with zero attached hydrogens (tertiary/aromatic N) is 1. The van der Waals surface area contributed by atoms with E-state index in [1.807, 2.05) is 27.7 Å². The molecule has 0 fully saturated rings. The van der Waals surface area contributed by atoms with Crippen LogP contribution in [0.5, 0.6) is 11.5 Å². The normalized spacial score (nSPS) is 20.5. The molecule has 2 aliphatic rings. The number of rotatable bonds is 4. The van der Waals surface area contributed by atoms with Gasteiger partial charge in [0.2, 0.25) is 0 Å². The first kappa shape index (κ1) is 19.5. The molecule has 0 saturated heterocycles. The van der Waals surface area contributed by atoms with Gasteiger partial charge in [-0.1, -0.05) is 12.1 Å². The number of ether oxygens (including phenoxy) is 1. The second-order valence-electron chi connectivity index (χ2n) is 8.12. The third-order valence-corrected chi connectivity index (χ3v) is 6.20. The smallest absolute Gasteiger partial charge is 0.285 e. The fourth-order valence-corrected chi connectivity index (χ4v) is 4.11. The Morgan fingerprint density at radius 2 is 1.69 bits per heavy atom. The van der Waals surface area contributed by atoms with Crippen LogP contribution in [0.2, 0.25) is 0 Å². The molecule has 2 amide bonds. The van der Waals surface area contributed by atoms with Gasteiger partial charge in [0, 0.05) is 12.0 Å². The first-order chi connectivity index (χ1) is 13.7. The van der Waals surface area contributed by atoms with Crippen molar-refractivity contribution in [2.45, 2.75) is 52.6 Å². The summed E-state index contributed by atoms with van der Waals surface area (Å²) in [4.78, 5) is 30.4. The molecule has 0 aromatic heterocycles. The fourth-order valence-electron chi connectivity index (χ4n) is 4.11. The molecule has 2 aromatic carbocycles. The number of hydrogen-bond donors (Lipinski definition) is 1. The van der Waals surface area contributed by atoms with E-state index >= 15 is 0 Å². The van der Waals surface area contributed by atoms with Gasteiger partial charge in [0.1, 0.15) is 17.1 Å². The second-order valence-corrected chi connectivity index (χ2v) is 8.12. The highest BCUT2D eigenvalue weighted by molar-refractivity contribution is 6.20. The SMILES string of the molecule is Cc1c(C)c2c(c(C)c1O)CCC(C)(CCON1C(=O)c3ccccc3C1=O)O2. The quantitative estimate of drug-likeness (QED) is 0.792. The maximum Gasteiger partial charge on any atom is 0.285 e. The van der Waals surface area contributed by atoms with Crippen LogP contribution in [-0.4, -0.2) is 34.2 Å². The largest absolute Gasteiger partial charge is 0.507 e. The monoisotopic (exact) mass is 395 g/mol. The van der Waals surface area contributed by atoms with Crippen molar-refractivity contribution >= 4 is 11.8 Å². The Balaban J connectivity index is 1.46. The van der Waals surface area contributed by atoms with Gasteiger partial charge >= 0.3 is 0 Å². The van der Waals surface area contributed by atoms with Gasteiger partial charge in [-0.25, -0.2) is 0 Å². The number of benzene rings is 2. The molecule has 6 heteroatoms. The first-order valence-electron chi connectivity index (χ1n) is 9.85. The summed E-state index contributed by atoms with van der Waals surface area (Å²) in [5.41, 5.74) is 3.94. The molecule has 29 heavy (non-hydrogen) atoms. The molecule has 2 heterocycles. The number of amides is 2. The number of carbonyl (C=O) groups excluding carboxylic acids is 2. The first-order valence-corrected chi connectivity index (χ1v) is 9.85. The Kier molecular flexibility index (Phi) is 4.62. The van der Waals surface area contributed by atoms with Crippen molar-refractivity contribution in [3.63, 3.8) is 0 Å². The Bertz CT molecular complexity index is 993. The second kappa shape index (κ2) is 6.88. The number of hydrogen-bond acceptors (Lipinski definition) is 5. The molecule has 1 N–H and O–H groups in total. The van der Waals surface area contributed by atoms with Crippen molar-refractivity contribution in [2.75, 3.05) is 6.61 Å². The standard InChI is InChI=1S/C23H25NO5/c1-13-14(2)20-16(15(3)19(13)25)9-10-23(4,29-20)11-12-28-24-21(26)17-7-5-6-8-18(17)22(24)27/h5-8,25H,9-12H2,1-4H3. The Morgan fingerprint density at radius 3 is 2.31 bits per heavy atom. The summed E-state index contributed by atoms with van der Waals surface area (Å²) in [5.74, 6) is 0.307. The number of fused-ring (bicyclic) bond motifs is 2. The minimum atomic E-state index is -0.480. The molecule has 152 valence electrons. The van der Waals surface area contributed by atoms with Crippen LogP contribution in [-0.2, 0) is 11.3 Å². The molecule has 0 aliphatic carbocycles. The maximum absolute atomic E-state index is 12.4. The lowest BCUT2D eigenvalue weighted by molar-refractivity contribution is -0.105. The van der Waals surface area contributed by atoms with Gasteiger partial charge in [0.25, 0.3) is 11.8 Å². The van der Waals surface area contributed by atoms with Crippen molar-refractivity contribution < 1.29 is 24.3 Å². The van der Waals surface area contributed by atoms with Gasteiger partial charge in [-0.15, -0.1) is 5.06 Å². The van der Waals surface area contributed by atoms with E-state index in [0.717, 1.165) is 45.9 Å². The zero-order valence-electron chi connectivity index (χ0n) is 17.2. The number of phenolic OH excluding ortho intramolecular Hbond substituents is 1. The maximum atomic E-state index is 12.4. The number of aromatic hydroxyl groups is 1. The molecule has 6 nitrogen and oxygen atoms in total. The van der Waals surface area contributed by atoms with Crippen LogP contribution in [0.3, 0.4) is 0 Å². The molecule has 1 unspecified atom stereocenters. The van der Waals surface area contributed by atoms with Crippen molar-refractivity contribution in [1.82, 2.24) is 5.06 Å². The van der Waals surface area contributed by atoms with E-state index in [2.05, 4.69) is 0 Å². The average molecular weight is 395 g/mol. The molecular weight excluding hydrogens is 370 g/mol. The van der Waals surface area contributed by atoms with Gasteiger partial charge in [-0.05, 0) is 69.4 Å². The molecule has 0 radical (unpaired) electrons. The van der Waals surface area contributed by atoms with Crippen LogP contribution < -0.4 is 4.74 Å². The summed E-state index contributed by atoms with van der Waals surface area (Å²) in [7, 11) is 0. The lowest BCUT2D eigenvalue weighted by Gasteiger charge is -2.38. The van der Waals surface area contributed by atoms with Crippen LogP contribution in [0.25, 0.3) is 0 Å². The van der Waals surface area contributed by atoms with E-state index in [1.165, 1.54) is 0 Å². The summed E-state index contributed by atoms with van der Waals surface area (Å²) in [6, 6.07) is 6.71. The van der Waals surface area contributed by atoms with Crippen molar-refractivity contribution in [3.05, 3.63) is 57.6 Å². The van der Waals surface area contributed by atoms with Crippen LogP contribution >= 0.6 is 0 Å². The van der Waals surface area contributed by atoms with E-state index < -0.39 is 17.4 Å². The number of carbonyl (C=O) groups is 2. The van der Waals surface area contributed by atoms with Crippen LogP contribution in [0.1, 0.15) is 62.7 Å². The molecule has 2 aromatic rings. The highest BCUT2D eigenvalue weighted by atomic mass is 16.7. The topological polar surface area (TPSA) is 76.1 Å². The van der Waals surface area contributed by atoms with E-state index in [4.69, 9.17) is 9.57 Å². The van der Waals surface area contributed by atoms with Crippen molar-refractivity contribution in [3.8, 4) is 11.5 Å². The lowest BCUT2D eigenvalue weighted by atomic mass is 9.86. The van der Waals surface area contributed by atoms with E-state index in [1.54, 1.807) is 24.3 Å². The van der Waals surface area contributed by atoms with Gasteiger partial charge in [0.15, 0.2) is 0 Å². The summed E-state index contributed by atoms with van der Waals surface area (Å²) < 4.78 is 6.37. The van der Waals surface area contributed by atoms with E-state index in [9.17, 15) is 14.7 Å². The average Bonchev–Trinajstić information content (AvgIpc) is 2.96. The minimum absolute atomic E-state index is 0.187. The highest BCUT2D eigenvalue weighted by Crippen LogP contribution is 2.44. The van der Waals surface area contributed by atoms with Crippen molar-refractivity contribution in [2.24, 2.45) is 0 Å². The summed E-state index contributed by atoms with van der Waals surface area (Å²) in [5, 5.41) is 11.2. The number of imide groups is 1. The molecule has 2 aliphatic heterocycles. The molecule has 4 rings (SSSR count). The third kappa shape index (κ3) is 3.08. The Labute approximate surface area is 170 Å². The predicted molar refractivity (Wildman–Crippen MR) is 107 cm³/mol. The highest BCUT2D eigenvalue weighted by Gasteiger charge is 2.38. The fraction of sp³-hybridized carbons (Fsp3) is 0.391. The predicted octanol–water partition coefficient (Wildman–Crippen LogP) is 4.02. The summed E-state index contributed by atoms with van der Waals surface area (Å²) in [6.07, 6.45) is 2.08. The van der Waals surface area contributed by atoms with Crippen molar-refractivity contribution in [1.29, 1.82) is 0 Å². The number of hydroxylamine groups is 2. The van der Waals surface area contributed by atoms with E-state index in [0.29, 0.717) is 23.3 Å². The molecular formula is C23H25NO5. The van der Waals surface area contributed by atoms with Crippen LogP contribution in [0, 0.1) is 20.8 Å². The molecule has 0 saturated carbocycles. The Morgan fingerprint density at radius 1 is 1.07 bits per heavy atom. The summed E-state index contributed by atoms with van der Waals surface area (Å²) >= 11 is 0. The molecule has 0 bridgehead atoms. The lowest BCUT2D eigenvalue weighted by Crippen LogP contribution is -2.39. The molecule has 0 spiro atoms. The Hall–Kier alpha value is -2.86. The minimum Gasteiger partial charge on any atom is -0.507 e. The van der Waals surface area contributed by atoms with E-state index in [-0.39, 0.29) is 6.61 Å². The van der Waals surface area contributed by atoms with Gasteiger partial charge in [0.05, 0.1) is 17.7 Å². The zero-order valence-corrected chi connectivity index (χ0v) is 17.2. The van der Waals surface area contributed by atoms with Gasteiger partial charge in [-0.3, -0.25) is 14.4 Å². The number of phenols is 1. The summed E-state index contributed by atoms with van der Waals surface area (Å²) in [6.45, 7) is 7.95. The zero-order chi connectivity index (χ0) is 20.9. The van der Waals surface area contributed by atoms with Gasteiger partial charge in [-0.2, -0.15) is 0 Å². The third-order valence-electron chi connectivity index (χ3n) is 6.20. The van der Waals surface area contributed by atoms with Gasteiger partial charge < -0.3 is 9.84 Å².